The lowest BCUT2D eigenvalue weighted by atomic mass is 10.1. The lowest BCUT2D eigenvalue weighted by Crippen LogP contribution is -2.38. The fraction of sp³-hybridized carbons (Fsp3) is 0.588. The summed E-state index contributed by atoms with van der Waals surface area (Å²) in [5.41, 5.74) is 6.90. The van der Waals surface area contributed by atoms with Crippen molar-refractivity contribution in [2.24, 2.45) is 10.7 Å². The van der Waals surface area contributed by atoms with Crippen LogP contribution in [0.5, 0.6) is 0 Å². The van der Waals surface area contributed by atoms with Crippen LogP contribution in [0, 0.1) is 0 Å². The summed E-state index contributed by atoms with van der Waals surface area (Å²) < 4.78 is 17.2. The second-order valence-electron chi connectivity index (χ2n) is 6.33. The minimum atomic E-state index is -0.495. The molecule has 2 atom stereocenters. The van der Waals surface area contributed by atoms with Crippen molar-refractivity contribution in [2.45, 2.75) is 37.7 Å². The van der Waals surface area contributed by atoms with Crippen molar-refractivity contribution >= 4 is 29.2 Å². The predicted octanol–water partition coefficient (Wildman–Crippen LogP) is 2.88. The van der Waals surface area contributed by atoms with E-state index in [-0.39, 0.29) is 12.1 Å². The molecule has 2 saturated heterocycles. The van der Waals surface area contributed by atoms with Gasteiger partial charge in [0.1, 0.15) is 6.10 Å². The van der Waals surface area contributed by atoms with Crippen LogP contribution < -0.4 is 11.1 Å². The molecule has 1 aromatic rings. The van der Waals surface area contributed by atoms with Crippen LogP contribution in [0.3, 0.4) is 0 Å². The highest BCUT2D eigenvalue weighted by Gasteiger charge is 2.42. The molecule has 0 amide bonds. The molecule has 3 rings (SSSR count). The molecule has 2 heterocycles. The molecule has 3 N–H and O–H groups in total. The number of halogens is 2. The summed E-state index contributed by atoms with van der Waals surface area (Å²) in [5, 5.41) is 4.33. The summed E-state index contributed by atoms with van der Waals surface area (Å²) >= 11 is 12.1. The summed E-state index contributed by atoms with van der Waals surface area (Å²) in [5.74, 6) is -0.153. The Hall–Kier alpha value is -1.05. The maximum Gasteiger partial charge on any atom is 0.189 e. The predicted molar refractivity (Wildman–Crippen MR) is 98.1 cm³/mol. The molecule has 0 radical (unpaired) electrons. The minimum Gasteiger partial charge on any atom is -0.381 e. The van der Waals surface area contributed by atoms with E-state index in [1.807, 2.05) is 13.0 Å². The number of nitrogens with zero attached hydrogens (tertiary/aromatic N) is 1. The van der Waals surface area contributed by atoms with Crippen molar-refractivity contribution < 1.29 is 14.2 Å². The van der Waals surface area contributed by atoms with Gasteiger partial charge in [0, 0.05) is 22.9 Å². The zero-order chi connectivity index (χ0) is 17.9. The van der Waals surface area contributed by atoms with Crippen molar-refractivity contribution in [3.8, 4) is 0 Å². The van der Waals surface area contributed by atoms with Gasteiger partial charge in [-0.1, -0.05) is 29.3 Å². The van der Waals surface area contributed by atoms with Crippen LogP contribution >= 0.6 is 23.2 Å². The quantitative estimate of drug-likeness (QED) is 0.613. The molecule has 2 aliphatic heterocycles. The van der Waals surface area contributed by atoms with Crippen LogP contribution in [-0.4, -0.2) is 44.2 Å². The van der Waals surface area contributed by atoms with Gasteiger partial charge in [0.2, 0.25) is 0 Å². The number of ether oxygens (including phenoxy) is 3. The molecule has 8 heteroatoms. The first-order valence-electron chi connectivity index (χ1n) is 8.38. The lowest BCUT2D eigenvalue weighted by Gasteiger charge is -2.31. The van der Waals surface area contributed by atoms with E-state index in [2.05, 4.69) is 10.3 Å². The molecule has 6 nitrogen and oxygen atoms in total. The van der Waals surface area contributed by atoms with Gasteiger partial charge in [-0.05, 0) is 24.6 Å². The van der Waals surface area contributed by atoms with E-state index in [9.17, 15) is 0 Å². The average molecular weight is 388 g/mol. The van der Waals surface area contributed by atoms with E-state index in [0.29, 0.717) is 42.4 Å². The van der Waals surface area contributed by atoms with Crippen LogP contribution in [0.4, 0.5) is 0 Å². The molecule has 0 saturated carbocycles. The molecule has 1 aromatic carbocycles. The van der Waals surface area contributed by atoms with Crippen LogP contribution in [0.1, 0.15) is 31.4 Å². The Bertz CT molecular complexity index is 636. The van der Waals surface area contributed by atoms with Gasteiger partial charge in [-0.3, -0.25) is 4.99 Å². The van der Waals surface area contributed by atoms with E-state index in [4.69, 9.17) is 43.1 Å². The Morgan fingerprint density at radius 3 is 2.88 bits per heavy atom. The van der Waals surface area contributed by atoms with Crippen molar-refractivity contribution in [3.63, 3.8) is 0 Å². The van der Waals surface area contributed by atoms with Crippen molar-refractivity contribution in [3.05, 3.63) is 33.8 Å². The van der Waals surface area contributed by atoms with Gasteiger partial charge in [-0.15, -0.1) is 0 Å². The van der Waals surface area contributed by atoms with E-state index in [0.717, 1.165) is 18.4 Å². The molecule has 0 bridgehead atoms. The number of benzene rings is 1. The first-order valence-corrected chi connectivity index (χ1v) is 9.14. The molecular formula is C17H23Cl2N3O3. The summed E-state index contributed by atoms with van der Waals surface area (Å²) in [6.07, 6.45) is 1.42. The molecule has 0 aromatic heterocycles. The zero-order valence-corrected chi connectivity index (χ0v) is 15.6. The second-order valence-corrected chi connectivity index (χ2v) is 7.18. The SMILES string of the molecule is CC(NC(N)=NCC1COC2(CCOCC2)O1)c1ccc(Cl)cc1Cl. The number of hydrogen-bond donors (Lipinski definition) is 2. The summed E-state index contributed by atoms with van der Waals surface area (Å²) in [7, 11) is 0. The Kier molecular flexibility index (Phi) is 6.07. The highest BCUT2D eigenvalue weighted by Crippen LogP contribution is 2.33. The highest BCUT2D eigenvalue weighted by molar-refractivity contribution is 6.35. The normalized spacial score (nSPS) is 24.4. The number of guanidine groups is 1. The number of hydrogen-bond acceptors (Lipinski definition) is 4. The topological polar surface area (TPSA) is 78.1 Å². The number of nitrogens with one attached hydrogen (secondary N) is 1. The molecule has 2 unspecified atom stereocenters. The van der Waals surface area contributed by atoms with Crippen LogP contribution in [-0.2, 0) is 14.2 Å². The van der Waals surface area contributed by atoms with Crippen molar-refractivity contribution in [1.29, 1.82) is 0 Å². The van der Waals surface area contributed by atoms with Gasteiger partial charge in [0.15, 0.2) is 11.7 Å². The molecule has 25 heavy (non-hydrogen) atoms. The van der Waals surface area contributed by atoms with E-state index in [1.165, 1.54) is 0 Å². The van der Waals surface area contributed by atoms with Crippen molar-refractivity contribution in [2.75, 3.05) is 26.4 Å². The molecule has 138 valence electrons. The summed E-state index contributed by atoms with van der Waals surface area (Å²) in [6.45, 7) is 4.26. The summed E-state index contributed by atoms with van der Waals surface area (Å²) in [6, 6.07) is 5.29. The Morgan fingerprint density at radius 2 is 2.16 bits per heavy atom. The second kappa shape index (κ2) is 8.10. The van der Waals surface area contributed by atoms with Gasteiger partial charge in [-0.25, -0.2) is 0 Å². The average Bonchev–Trinajstić information content (AvgIpc) is 2.96. The third-order valence-corrected chi connectivity index (χ3v) is 4.99. The summed E-state index contributed by atoms with van der Waals surface area (Å²) in [4.78, 5) is 4.37. The van der Waals surface area contributed by atoms with Gasteiger partial charge in [0.05, 0.1) is 32.4 Å². The molecule has 2 aliphatic rings. The van der Waals surface area contributed by atoms with Gasteiger partial charge in [0.25, 0.3) is 0 Å². The van der Waals surface area contributed by atoms with E-state index >= 15 is 0 Å². The van der Waals surface area contributed by atoms with E-state index in [1.54, 1.807) is 12.1 Å². The Labute approximate surface area is 157 Å². The van der Waals surface area contributed by atoms with E-state index < -0.39 is 5.79 Å². The van der Waals surface area contributed by atoms with Gasteiger partial charge in [-0.2, -0.15) is 0 Å². The van der Waals surface area contributed by atoms with Gasteiger partial charge < -0.3 is 25.3 Å². The molecular weight excluding hydrogens is 365 g/mol. The first-order chi connectivity index (χ1) is 12.0. The van der Waals surface area contributed by atoms with Crippen LogP contribution in [0.2, 0.25) is 10.0 Å². The largest absolute Gasteiger partial charge is 0.381 e. The van der Waals surface area contributed by atoms with Gasteiger partial charge >= 0.3 is 0 Å². The highest BCUT2D eigenvalue weighted by atomic mass is 35.5. The zero-order valence-electron chi connectivity index (χ0n) is 14.1. The van der Waals surface area contributed by atoms with Crippen LogP contribution in [0.25, 0.3) is 0 Å². The maximum atomic E-state index is 6.22. The number of rotatable bonds is 4. The first kappa shape index (κ1) is 18.7. The fourth-order valence-corrected chi connectivity index (χ4v) is 3.62. The number of nitrogens with two attached hydrogens (primary N) is 1. The molecule has 0 aliphatic carbocycles. The van der Waals surface area contributed by atoms with Crippen molar-refractivity contribution in [1.82, 2.24) is 5.32 Å². The molecule has 1 spiro atoms. The minimum absolute atomic E-state index is 0.0869. The standard InChI is InChI=1S/C17H23Cl2N3O3/c1-11(14-3-2-12(18)8-15(14)19)22-16(20)21-9-13-10-24-17(25-13)4-6-23-7-5-17/h2-3,8,11,13H,4-7,9-10H2,1H3,(H3,20,21,22). The van der Waals surface area contributed by atoms with Crippen LogP contribution in [0.15, 0.2) is 23.2 Å². The third-order valence-electron chi connectivity index (χ3n) is 4.43. The lowest BCUT2D eigenvalue weighted by molar-refractivity contribution is -0.210. The smallest absolute Gasteiger partial charge is 0.189 e. The Morgan fingerprint density at radius 1 is 1.40 bits per heavy atom. The maximum absolute atomic E-state index is 6.22. The fourth-order valence-electron chi connectivity index (χ4n) is 3.05. The number of aliphatic imine (C=N–C) groups is 1. The molecule has 2 fully saturated rings. The monoisotopic (exact) mass is 387 g/mol. The third kappa shape index (κ3) is 4.77. The Balaban J connectivity index is 1.52.